The number of fused-ring (bicyclic) bond motifs is 1. The molecule has 4 nitrogen and oxygen atoms in total. The van der Waals surface area contributed by atoms with Crippen molar-refractivity contribution in [1.82, 2.24) is 0 Å². The number of benzene rings is 2. The Hall–Kier alpha value is -2.60. The number of rotatable bonds is 3. The lowest BCUT2D eigenvalue weighted by Crippen LogP contribution is -2.06. The Kier molecular flexibility index (Phi) is 4.74. The summed E-state index contributed by atoms with van der Waals surface area (Å²) in [5, 5.41) is 2.61. The number of carbonyl (C=O) groups excluding carboxylic acids is 2. The van der Waals surface area contributed by atoms with Gasteiger partial charge in [-0.05, 0) is 41.8 Å². The molecular formula is C20H10Cl2O4S. The number of ether oxygens (including phenoxy) is 2. The Morgan fingerprint density at radius 1 is 1.07 bits per heavy atom. The van der Waals surface area contributed by atoms with Crippen LogP contribution in [0.15, 0.2) is 59.7 Å². The van der Waals surface area contributed by atoms with Gasteiger partial charge in [-0.3, -0.25) is 4.79 Å². The molecule has 0 saturated heterocycles. The summed E-state index contributed by atoms with van der Waals surface area (Å²) in [6.07, 6.45) is 1.50. The van der Waals surface area contributed by atoms with E-state index in [1.54, 1.807) is 47.8 Å². The van der Waals surface area contributed by atoms with Gasteiger partial charge in [-0.2, -0.15) is 0 Å². The second kappa shape index (κ2) is 7.19. The average molecular weight is 417 g/mol. The first-order valence-electron chi connectivity index (χ1n) is 7.81. The van der Waals surface area contributed by atoms with Gasteiger partial charge in [0.05, 0.1) is 5.56 Å². The third-order valence-corrected chi connectivity index (χ3v) is 5.36. The van der Waals surface area contributed by atoms with Crippen molar-refractivity contribution < 1.29 is 19.1 Å². The lowest BCUT2D eigenvalue weighted by molar-refractivity contribution is 0.0739. The minimum absolute atomic E-state index is 0.0988. The van der Waals surface area contributed by atoms with Gasteiger partial charge in [-0.15, -0.1) is 11.3 Å². The predicted octanol–water partition coefficient (Wildman–Crippen LogP) is 5.89. The van der Waals surface area contributed by atoms with Crippen LogP contribution in [-0.2, 0) is 0 Å². The quantitative estimate of drug-likeness (QED) is 0.303. The lowest BCUT2D eigenvalue weighted by atomic mass is 10.1. The number of Topliss-reactive ketones (excluding diaryl/α,β-unsaturated/α-hetero) is 1. The second-order valence-corrected chi connectivity index (χ2v) is 7.36. The Morgan fingerprint density at radius 3 is 2.56 bits per heavy atom. The third-order valence-electron chi connectivity index (χ3n) is 3.85. The molecule has 1 aromatic heterocycles. The smallest absolute Gasteiger partial charge is 0.353 e. The van der Waals surface area contributed by atoms with Crippen LogP contribution in [0.1, 0.15) is 25.6 Å². The molecule has 0 atom stereocenters. The fourth-order valence-electron chi connectivity index (χ4n) is 2.56. The van der Waals surface area contributed by atoms with Crippen molar-refractivity contribution in [1.29, 1.82) is 0 Å². The summed E-state index contributed by atoms with van der Waals surface area (Å²) in [7, 11) is 0. The average Bonchev–Trinajstić information content (AvgIpc) is 3.27. The van der Waals surface area contributed by atoms with Crippen LogP contribution in [0.5, 0.6) is 11.5 Å². The molecule has 0 unspecified atom stereocenters. The number of ketones is 1. The van der Waals surface area contributed by atoms with E-state index in [4.69, 9.17) is 32.7 Å². The monoisotopic (exact) mass is 416 g/mol. The van der Waals surface area contributed by atoms with Gasteiger partial charge < -0.3 is 9.47 Å². The van der Waals surface area contributed by atoms with Crippen molar-refractivity contribution >= 4 is 52.4 Å². The molecule has 0 fully saturated rings. The van der Waals surface area contributed by atoms with Crippen LogP contribution in [-0.4, -0.2) is 11.8 Å². The standard InChI is InChI=1S/C20H10Cl2O4S/c21-14-3-1-4-15(22)13(14)10-17-19(23)12-7-6-11(9-16(12)26-17)25-20(24)18-5-2-8-27-18/h1-10H/b17-10-. The molecule has 1 aliphatic heterocycles. The van der Waals surface area contributed by atoms with E-state index < -0.39 is 5.97 Å². The fraction of sp³-hybridized carbons (Fsp3) is 0. The van der Waals surface area contributed by atoms with E-state index in [0.717, 1.165) is 0 Å². The summed E-state index contributed by atoms with van der Waals surface area (Å²) in [6, 6.07) is 13.1. The molecule has 2 heterocycles. The molecule has 3 aromatic rings. The number of allylic oxidation sites excluding steroid dienone is 1. The molecule has 0 radical (unpaired) electrons. The van der Waals surface area contributed by atoms with E-state index in [0.29, 0.717) is 31.8 Å². The van der Waals surface area contributed by atoms with Crippen LogP contribution in [0.4, 0.5) is 0 Å². The first-order valence-corrected chi connectivity index (χ1v) is 9.44. The molecule has 134 valence electrons. The zero-order valence-corrected chi connectivity index (χ0v) is 15.9. The highest BCUT2D eigenvalue weighted by Crippen LogP contribution is 2.36. The molecule has 0 amide bonds. The van der Waals surface area contributed by atoms with E-state index in [-0.39, 0.29) is 17.3 Å². The Balaban J connectivity index is 1.61. The van der Waals surface area contributed by atoms with Crippen molar-refractivity contribution in [3.8, 4) is 11.5 Å². The SMILES string of the molecule is O=C(Oc1ccc2c(c1)O/C(=C\c1c(Cl)cccc1Cl)C2=O)c1cccs1. The van der Waals surface area contributed by atoms with E-state index in [1.165, 1.54) is 23.5 Å². The maximum Gasteiger partial charge on any atom is 0.353 e. The molecule has 1 aliphatic rings. The van der Waals surface area contributed by atoms with Gasteiger partial charge >= 0.3 is 5.97 Å². The number of halogens is 2. The molecule has 0 saturated carbocycles. The lowest BCUT2D eigenvalue weighted by Gasteiger charge is -2.04. The largest absolute Gasteiger partial charge is 0.452 e. The highest BCUT2D eigenvalue weighted by Gasteiger charge is 2.28. The van der Waals surface area contributed by atoms with Crippen LogP contribution in [0.3, 0.4) is 0 Å². The van der Waals surface area contributed by atoms with Crippen LogP contribution < -0.4 is 9.47 Å². The van der Waals surface area contributed by atoms with Gasteiger partial charge in [0.1, 0.15) is 16.4 Å². The Labute approximate surface area is 168 Å². The van der Waals surface area contributed by atoms with E-state index >= 15 is 0 Å². The highest BCUT2D eigenvalue weighted by atomic mass is 35.5. The van der Waals surface area contributed by atoms with Gasteiger partial charge in [0, 0.05) is 21.7 Å². The maximum atomic E-state index is 12.6. The van der Waals surface area contributed by atoms with Crippen molar-refractivity contribution in [2.75, 3.05) is 0 Å². The summed E-state index contributed by atoms with van der Waals surface area (Å²) >= 11 is 13.6. The van der Waals surface area contributed by atoms with Crippen molar-refractivity contribution in [2.24, 2.45) is 0 Å². The van der Waals surface area contributed by atoms with Crippen LogP contribution in [0.2, 0.25) is 10.0 Å². The first kappa shape index (κ1) is 17.8. The van der Waals surface area contributed by atoms with Crippen LogP contribution in [0.25, 0.3) is 6.08 Å². The third kappa shape index (κ3) is 3.49. The van der Waals surface area contributed by atoms with Crippen molar-refractivity contribution in [3.05, 3.63) is 85.7 Å². The molecular weight excluding hydrogens is 407 g/mol. The van der Waals surface area contributed by atoms with Crippen LogP contribution >= 0.6 is 34.5 Å². The molecule has 0 N–H and O–H groups in total. The number of hydrogen-bond donors (Lipinski definition) is 0. The molecule has 4 rings (SSSR count). The summed E-state index contributed by atoms with van der Waals surface area (Å²) in [5.41, 5.74) is 0.877. The van der Waals surface area contributed by atoms with Gasteiger partial charge in [0.15, 0.2) is 5.76 Å². The predicted molar refractivity (Wildman–Crippen MR) is 105 cm³/mol. The van der Waals surface area contributed by atoms with Crippen molar-refractivity contribution in [2.45, 2.75) is 0 Å². The van der Waals surface area contributed by atoms with E-state index in [9.17, 15) is 9.59 Å². The number of thiophene rings is 1. The minimum Gasteiger partial charge on any atom is -0.452 e. The van der Waals surface area contributed by atoms with Gasteiger partial charge in [0.25, 0.3) is 0 Å². The van der Waals surface area contributed by atoms with Crippen molar-refractivity contribution in [3.63, 3.8) is 0 Å². The Bertz CT molecular complexity index is 1070. The molecule has 0 aliphatic carbocycles. The Morgan fingerprint density at radius 2 is 1.85 bits per heavy atom. The summed E-state index contributed by atoms with van der Waals surface area (Å²) < 4.78 is 11.0. The zero-order chi connectivity index (χ0) is 19.0. The molecule has 0 spiro atoms. The normalized spacial score (nSPS) is 14.1. The highest BCUT2D eigenvalue weighted by molar-refractivity contribution is 7.12. The minimum atomic E-state index is -0.465. The topological polar surface area (TPSA) is 52.6 Å². The first-order chi connectivity index (χ1) is 13.0. The number of esters is 1. The van der Waals surface area contributed by atoms with Gasteiger partial charge in [-0.1, -0.05) is 35.3 Å². The van der Waals surface area contributed by atoms with Gasteiger partial charge in [0.2, 0.25) is 5.78 Å². The van der Waals surface area contributed by atoms with E-state index in [1.807, 2.05) is 0 Å². The van der Waals surface area contributed by atoms with Crippen LogP contribution in [0, 0.1) is 0 Å². The molecule has 0 bridgehead atoms. The molecule has 7 heteroatoms. The fourth-order valence-corrected chi connectivity index (χ4v) is 3.67. The number of hydrogen-bond acceptors (Lipinski definition) is 5. The van der Waals surface area contributed by atoms with E-state index in [2.05, 4.69) is 0 Å². The second-order valence-electron chi connectivity index (χ2n) is 5.60. The maximum absolute atomic E-state index is 12.6. The van der Waals surface area contributed by atoms with Gasteiger partial charge in [-0.25, -0.2) is 4.79 Å². The number of carbonyl (C=O) groups is 2. The summed E-state index contributed by atoms with van der Waals surface area (Å²) in [4.78, 5) is 25.1. The molecule has 2 aromatic carbocycles. The summed E-state index contributed by atoms with van der Waals surface area (Å²) in [5.74, 6) is -0.0605. The zero-order valence-electron chi connectivity index (χ0n) is 13.6. The molecule has 27 heavy (non-hydrogen) atoms. The summed E-state index contributed by atoms with van der Waals surface area (Å²) in [6.45, 7) is 0.